The number of ether oxygens (including phenoxy) is 2. The van der Waals surface area contributed by atoms with Gasteiger partial charge < -0.3 is 9.47 Å². The maximum Gasteiger partial charge on any atom is 0.269 e. The summed E-state index contributed by atoms with van der Waals surface area (Å²) in [5.41, 5.74) is 4.47. The second kappa shape index (κ2) is 10.5. The highest BCUT2D eigenvalue weighted by molar-refractivity contribution is 5.86. The van der Waals surface area contributed by atoms with Gasteiger partial charge in [-0.05, 0) is 43.6 Å². The minimum atomic E-state index is -0.402. The van der Waals surface area contributed by atoms with Gasteiger partial charge in [0.15, 0.2) is 0 Å². The van der Waals surface area contributed by atoms with Crippen molar-refractivity contribution in [3.05, 3.63) is 63.7 Å². The normalized spacial score (nSPS) is 15.0. The van der Waals surface area contributed by atoms with Gasteiger partial charge in [0.2, 0.25) is 5.91 Å². The molecule has 1 amide bonds. The van der Waals surface area contributed by atoms with Gasteiger partial charge in [-0.1, -0.05) is 12.1 Å². The van der Waals surface area contributed by atoms with Gasteiger partial charge in [0, 0.05) is 36.2 Å². The molecule has 0 saturated carbocycles. The van der Waals surface area contributed by atoms with Crippen LogP contribution in [0.25, 0.3) is 0 Å². The van der Waals surface area contributed by atoms with Crippen LogP contribution >= 0.6 is 0 Å². The minimum absolute atomic E-state index is 0.0898. The van der Waals surface area contributed by atoms with Crippen molar-refractivity contribution in [1.82, 2.24) is 10.3 Å². The van der Waals surface area contributed by atoms with Crippen LogP contribution in [0.15, 0.2) is 47.6 Å². The monoisotopic (exact) mass is 426 g/mol. The molecule has 164 valence electrons. The number of hydrogen-bond donors (Lipinski definition) is 1. The third kappa shape index (κ3) is 6.02. The molecular weight excluding hydrogens is 400 g/mol. The minimum Gasteiger partial charge on any atom is -0.497 e. The molecule has 0 radical (unpaired) electrons. The summed E-state index contributed by atoms with van der Waals surface area (Å²) in [6.07, 6.45) is 3.03. The Hall–Kier alpha value is -3.46. The molecule has 0 spiro atoms. The predicted molar refractivity (Wildman–Crippen MR) is 116 cm³/mol. The molecule has 0 bridgehead atoms. The van der Waals surface area contributed by atoms with E-state index in [0.29, 0.717) is 18.0 Å². The lowest BCUT2D eigenvalue weighted by atomic mass is 9.96. The number of nitro groups is 1. The van der Waals surface area contributed by atoms with E-state index in [1.54, 1.807) is 44.7 Å². The Balaban J connectivity index is 1.47. The first-order valence-corrected chi connectivity index (χ1v) is 10.0. The van der Waals surface area contributed by atoms with E-state index >= 15 is 0 Å². The van der Waals surface area contributed by atoms with E-state index in [0.717, 1.165) is 37.1 Å². The number of carbonyl (C=O) groups is 1. The first-order valence-electron chi connectivity index (χ1n) is 10.0. The summed E-state index contributed by atoms with van der Waals surface area (Å²) >= 11 is 0. The Kier molecular flexibility index (Phi) is 7.55. The molecular formula is C22H26N4O5. The van der Waals surface area contributed by atoms with Gasteiger partial charge in [0.25, 0.3) is 5.69 Å². The average Bonchev–Trinajstić information content (AvgIpc) is 2.80. The van der Waals surface area contributed by atoms with Crippen LogP contribution < -0.4 is 14.9 Å². The SMILES string of the molecule is COc1ccc(/C=N\NC(=O)C2CCN(Cc3ccc([N+](=O)[O-])cc3)CC2)c(OC)c1. The second-order valence-corrected chi connectivity index (χ2v) is 7.32. The molecule has 1 aliphatic rings. The molecule has 31 heavy (non-hydrogen) atoms. The van der Waals surface area contributed by atoms with Crippen LogP contribution in [0.4, 0.5) is 5.69 Å². The fraction of sp³-hybridized carbons (Fsp3) is 0.364. The van der Waals surface area contributed by atoms with Gasteiger partial charge >= 0.3 is 0 Å². The highest BCUT2D eigenvalue weighted by Crippen LogP contribution is 2.23. The predicted octanol–water partition coefficient (Wildman–Crippen LogP) is 2.97. The Bertz CT molecular complexity index is 937. The third-order valence-electron chi connectivity index (χ3n) is 5.33. The summed E-state index contributed by atoms with van der Waals surface area (Å²) in [6, 6.07) is 12.0. The van der Waals surface area contributed by atoms with Gasteiger partial charge in [-0.25, -0.2) is 5.43 Å². The van der Waals surface area contributed by atoms with Crippen LogP contribution in [0, 0.1) is 16.0 Å². The number of nitrogens with one attached hydrogen (secondary N) is 1. The number of carbonyl (C=O) groups excluding carboxylic acids is 1. The highest BCUT2D eigenvalue weighted by Gasteiger charge is 2.24. The summed E-state index contributed by atoms with van der Waals surface area (Å²) in [7, 11) is 3.15. The van der Waals surface area contributed by atoms with Gasteiger partial charge in [0.05, 0.1) is 25.4 Å². The molecule has 2 aromatic rings. The quantitative estimate of drug-likeness (QED) is 0.395. The Morgan fingerprint density at radius 3 is 2.52 bits per heavy atom. The number of amides is 1. The molecule has 2 aromatic carbocycles. The van der Waals surface area contributed by atoms with Gasteiger partial charge in [-0.3, -0.25) is 19.8 Å². The van der Waals surface area contributed by atoms with Crippen molar-refractivity contribution >= 4 is 17.8 Å². The van der Waals surface area contributed by atoms with E-state index < -0.39 is 4.92 Å². The van der Waals surface area contributed by atoms with Crippen molar-refractivity contribution in [3.8, 4) is 11.5 Å². The maximum atomic E-state index is 12.5. The van der Waals surface area contributed by atoms with Crippen LogP contribution in [0.5, 0.6) is 11.5 Å². The number of nitro benzene ring substituents is 1. The molecule has 1 aliphatic heterocycles. The molecule has 0 aromatic heterocycles. The largest absolute Gasteiger partial charge is 0.497 e. The first-order chi connectivity index (χ1) is 15.0. The highest BCUT2D eigenvalue weighted by atomic mass is 16.6. The zero-order chi connectivity index (χ0) is 22.2. The number of benzene rings is 2. The number of nitrogens with zero attached hydrogens (tertiary/aromatic N) is 3. The van der Waals surface area contributed by atoms with Crippen LogP contribution in [0.3, 0.4) is 0 Å². The van der Waals surface area contributed by atoms with Crippen molar-refractivity contribution in [2.75, 3.05) is 27.3 Å². The zero-order valence-electron chi connectivity index (χ0n) is 17.6. The van der Waals surface area contributed by atoms with Crippen LogP contribution in [0.2, 0.25) is 0 Å². The molecule has 0 unspecified atom stereocenters. The van der Waals surface area contributed by atoms with E-state index in [-0.39, 0.29) is 17.5 Å². The number of hydrogen-bond acceptors (Lipinski definition) is 7. The summed E-state index contributed by atoms with van der Waals surface area (Å²) in [6.45, 7) is 2.28. The average molecular weight is 426 g/mol. The fourth-order valence-electron chi connectivity index (χ4n) is 3.52. The van der Waals surface area contributed by atoms with Crippen LogP contribution in [0.1, 0.15) is 24.0 Å². The first kappa shape index (κ1) is 22.2. The summed E-state index contributed by atoms with van der Waals surface area (Å²) in [5.74, 6) is 1.09. The molecule has 1 fully saturated rings. The Morgan fingerprint density at radius 2 is 1.90 bits per heavy atom. The van der Waals surface area contributed by atoms with E-state index in [4.69, 9.17) is 9.47 Å². The van der Waals surface area contributed by atoms with Gasteiger partial charge in [-0.15, -0.1) is 0 Å². The fourth-order valence-corrected chi connectivity index (χ4v) is 3.52. The zero-order valence-corrected chi connectivity index (χ0v) is 17.6. The molecule has 1 heterocycles. The molecule has 9 heteroatoms. The Labute approximate surface area is 180 Å². The van der Waals surface area contributed by atoms with E-state index in [9.17, 15) is 14.9 Å². The number of rotatable bonds is 8. The standard InChI is InChI=1S/C22H26N4O5/c1-30-20-8-5-18(21(13-20)31-2)14-23-24-22(27)17-9-11-25(12-10-17)15-16-3-6-19(7-4-16)26(28)29/h3-8,13-14,17H,9-12,15H2,1-2H3,(H,24,27)/b23-14-. The summed E-state index contributed by atoms with van der Waals surface area (Å²) < 4.78 is 10.5. The topological polar surface area (TPSA) is 106 Å². The Morgan fingerprint density at radius 1 is 1.19 bits per heavy atom. The van der Waals surface area contributed by atoms with E-state index in [1.807, 2.05) is 6.07 Å². The molecule has 0 atom stereocenters. The second-order valence-electron chi connectivity index (χ2n) is 7.32. The van der Waals surface area contributed by atoms with Crippen molar-refractivity contribution in [2.45, 2.75) is 19.4 Å². The number of hydrazone groups is 1. The molecule has 1 saturated heterocycles. The number of non-ortho nitro benzene ring substituents is 1. The summed E-state index contributed by atoms with van der Waals surface area (Å²) in [4.78, 5) is 25.0. The van der Waals surface area contributed by atoms with Gasteiger partial charge in [-0.2, -0.15) is 5.10 Å². The van der Waals surface area contributed by atoms with Crippen molar-refractivity contribution in [2.24, 2.45) is 11.0 Å². The number of likely N-dealkylation sites (tertiary alicyclic amines) is 1. The van der Waals surface area contributed by atoms with Crippen LogP contribution in [-0.2, 0) is 11.3 Å². The smallest absolute Gasteiger partial charge is 0.269 e. The number of piperidine rings is 1. The van der Waals surface area contributed by atoms with Crippen LogP contribution in [-0.4, -0.2) is 49.3 Å². The summed E-state index contributed by atoms with van der Waals surface area (Å²) in [5, 5.41) is 14.8. The molecule has 9 nitrogen and oxygen atoms in total. The third-order valence-corrected chi connectivity index (χ3v) is 5.33. The number of methoxy groups -OCH3 is 2. The lowest BCUT2D eigenvalue weighted by Crippen LogP contribution is -2.39. The maximum absolute atomic E-state index is 12.5. The van der Waals surface area contributed by atoms with Crippen molar-refractivity contribution in [3.63, 3.8) is 0 Å². The lowest BCUT2D eigenvalue weighted by molar-refractivity contribution is -0.384. The van der Waals surface area contributed by atoms with E-state index in [1.165, 1.54) is 12.1 Å². The molecule has 1 N–H and O–H groups in total. The lowest BCUT2D eigenvalue weighted by Gasteiger charge is -2.30. The van der Waals surface area contributed by atoms with E-state index in [2.05, 4.69) is 15.4 Å². The molecule has 0 aliphatic carbocycles. The van der Waals surface area contributed by atoms with Crippen molar-refractivity contribution in [1.29, 1.82) is 0 Å². The molecule has 3 rings (SSSR count). The van der Waals surface area contributed by atoms with Gasteiger partial charge in [0.1, 0.15) is 11.5 Å². The van der Waals surface area contributed by atoms with Crippen molar-refractivity contribution < 1.29 is 19.2 Å².